The van der Waals surface area contributed by atoms with E-state index in [2.05, 4.69) is 4.90 Å². The summed E-state index contributed by atoms with van der Waals surface area (Å²) in [6.07, 6.45) is 3.26. The number of aryl methyl sites for hydroxylation is 1. The molecule has 5 heteroatoms. The molecule has 1 atom stereocenters. The highest BCUT2D eigenvalue weighted by Crippen LogP contribution is 2.35. The molecule has 0 saturated carbocycles. The number of rotatable bonds is 3. The first-order valence-corrected chi connectivity index (χ1v) is 7.66. The van der Waals surface area contributed by atoms with E-state index in [1.807, 2.05) is 19.2 Å². The van der Waals surface area contributed by atoms with Crippen molar-refractivity contribution >= 4 is 16.5 Å². The number of aromatic nitrogens is 1. The van der Waals surface area contributed by atoms with Crippen LogP contribution < -0.4 is 10.6 Å². The van der Waals surface area contributed by atoms with Gasteiger partial charge in [0.25, 0.3) is 0 Å². The normalized spacial score (nSPS) is 17.9. The van der Waals surface area contributed by atoms with Crippen molar-refractivity contribution in [1.29, 1.82) is 0 Å². The van der Waals surface area contributed by atoms with E-state index in [1.54, 1.807) is 11.3 Å². The Morgan fingerprint density at radius 1 is 1.40 bits per heavy atom. The Bertz CT molecular complexity index is 594. The van der Waals surface area contributed by atoms with E-state index in [4.69, 9.17) is 10.7 Å². The van der Waals surface area contributed by atoms with Crippen molar-refractivity contribution in [2.75, 3.05) is 11.9 Å². The van der Waals surface area contributed by atoms with E-state index in [0.717, 1.165) is 42.2 Å². The Labute approximate surface area is 122 Å². The zero-order valence-electron chi connectivity index (χ0n) is 11.5. The lowest BCUT2D eigenvalue weighted by atomic mass is 9.99. The van der Waals surface area contributed by atoms with E-state index in [0.29, 0.717) is 0 Å². The number of nitrogens with zero attached hydrogens (tertiary/aromatic N) is 2. The highest BCUT2D eigenvalue weighted by atomic mass is 32.1. The van der Waals surface area contributed by atoms with Crippen LogP contribution in [-0.2, 0) is 13.0 Å². The van der Waals surface area contributed by atoms with Gasteiger partial charge in [0.1, 0.15) is 5.82 Å². The first-order chi connectivity index (χ1) is 9.63. The molecule has 3 rings (SSSR count). The molecule has 1 unspecified atom stereocenters. The number of benzene rings is 1. The number of hydrogen-bond acceptors (Lipinski definition) is 4. The number of hydrogen-bond donors (Lipinski definition) is 1. The average molecular weight is 291 g/mol. The molecule has 0 spiro atoms. The van der Waals surface area contributed by atoms with E-state index in [-0.39, 0.29) is 11.9 Å². The molecule has 20 heavy (non-hydrogen) atoms. The number of nitrogens with two attached hydrogens (primary N) is 1. The van der Waals surface area contributed by atoms with Crippen LogP contribution in [-0.4, -0.2) is 12.0 Å². The molecule has 3 nitrogen and oxygen atoms in total. The van der Waals surface area contributed by atoms with Gasteiger partial charge in [-0.2, -0.15) is 0 Å². The third-order valence-corrected chi connectivity index (χ3v) is 4.89. The summed E-state index contributed by atoms with van der Waals surface area (Å²) in [5.41, 5.74) is 8.26. The molecule has 1 heterocycles. The molecule has 1 aliphatic rings. The van der Waals surface area contributed by atoms with Gasteiger partial charge >= 0.3 is 0 Å². The van der Waals surface area contributed by atoms with Gasteiger partial charge in [0.2, 0.25) is 0 Å². The van der Waals surface area contributed by atoms with Crippen LogP contribution in [0.5, 0.6) is 0 Å². The van der Waals surface area contributed by atoms with Gasteiger partial charge in [0.05, 0.1) is 5.69 Å². The Morgan fingerprint density at radius 3 is 2.85 bits per heavy atom. The lowest BCUT2D eigenvalue weighted by Crippen LogP contribution is -2.18. The number of halogens is 1. The molecule has 1 aliphatic carbocycles. The lowest BCUT2D eigenvalue weighted by Gasteiger charge is -2.16. The SMILES string of the molecule is CN(Cc1ccc(F)cc1)c1nc2c(s1)CCCC2N. The van der Waals surface area contributed by atoms with Crippen molar-refractivity contribution in [2.45, 2.75) is 31.8 Å². The first kappa shape index (κ1) is 13.5. The van der Waals surface area contributed by atoms with Crippen molar-refractivity contribution in [2.24, 2.45) is 5.73 Å². The van der Waals surface area contributed by atoms with Gasteiger partial charge in [-0.15, -0.1) is 11.3 Å². The van der Waals surface area contributed by atoms with Crippen LogP contribution in [0.25, 0.3) is 0 Å². The summed E-state index contributed by atoms with van der Waals surface area (Å²) in [4.78, 5) is 8.11. The third kappa shape index (κ3) is 2.69. The Morgan fingerprint density at radius 2 is 2.15 bits per heavy atom. The standard InChI is InChI=1S/C15H18FN3S/c1-19(9-10-5-7-11(16)8-6-10)15-18-14-12(17)3-2-4-13(14)20-15/h5-8,12H,2-4,9,17H2,1H3. The van der Waals surface area contributed by atoms with Crippen LogP contribution in [0.1, 0.15) is 35.0 Å². The molecule has 0 radical (unpaired) electrons. The van der Waals surface area contributed by atoms with Crippen LogP contribution in [0.2, 0.25) is 0 Å². The van der Waals surface area contributed by atoms with E-state index in [9.17, 15) is 4.39 Å². The van der Waals surface area contributed by atoms with Gasteiger partial charge in [0.15, 0.2) is 5.13 Å². The molecule has 106 valence electrons. The summed E-state index contributed by atoms with van der Waals surface area (Å²) < 4.78 is 12.9. The monoisotopic (exact) mass is 291 g/mol. The number of thiazole rings is 1. The largest absolute Gasteiger partial charge is 0.347 e. The minimum absolute atomic E-state index is 0.0861. The van der Waals surface area contributed by atoms with Gasteiger partial charge in [-0.05, 0) is 37.0 Å². The van der Waals surface area contributed by atoms with Gasteiger partial charge < -0.3 is 10.6 Å². The smallest absolute Gasteiger partial charge is 0.185 e. The topological polar surface area (TPSA) is 42.2 Å². The summed E-state index contributed by atoms with van der Waals surface area (Å²) in [6.45, 7) is 0.724. The molecular weight excluding hydrogens is 273 g/mol. The fraction of sp³-hybridized carbons (Fsp3) is 0.400. The van der Waals surface area contributed by atoms with Crippen molar-refractivity contribution in [3.05, 3.63) is 46.2 Å². The highest BCUT2D eigenvalue weighted by molar-refractivity contribution is 7.15. The van der Waals surface area contributed by atoms with E-state index < -0.39 is 0 Å². The average Bonchev–Trinajstić information content (AvgIpc) is 2.87. The zero-order valence-corrected chi connectivity index (χ0v) is 12.3. The Balaban J connectivity index is 1.77. The molecule has 2 N–H and O–H groups in total. The summed E-state index contributed by atoms with van der Waals surface area (Å²) >= 11 is 1.73. The van der Waals surface area contributed by atoms with Gasteiger partial charge in [-0.1, -0.05) is 12.1 Å². The maximum absolute atomic E-state index is 12.9. The van der Waals surface area contributed by atoms with E-state index in [1.165, 1.54) is 17.0 Å². The second kappa shape index (κ2) is 5.50. The summed E-state index contributed by atoms with van der Waals surface area (Å²) in [7, 11) is 2.01. The van der Waals surface area contributed by atoms with Gasteiger partial charge in [-0.3, -0.25) is 0 Å². The maximum Gasteiger partial charge on any atom is 0.185 e. The van der Waals surface area contributed by atoms with E-state index >= 15 is 0 Å². The van der Waals surface area contributed by atoms with Crippen LogP contribution >= 0.6 is 11.3 Å². The van der Waals surface area contributed by atoms with Crippen LogP contribution in [0, 0.1) is 5.82 Å². The molecule has 2 aromatic rings. The maximum atomic E-state index is 12.9. The predicted molar refractivity (Wildman–Crippen MR) is 80.5 cm³/mol. The molecule has 0 saturated heterocycles. The van der Waals surface area contributed by atoms with Crippen molar-refractivity contribution < 1.29 is 4.39 Å². The highest BCUT2D eigenvalue weighted by Gasteiger charge is 2.22. The molecule has 1 aromatic heterocycles. The van der Waals surface area contributed by atoms with Gasteiger partial charge in [0, 0.05) is 24.5 Å². The lowest BCUT2D eigenvalue weighted by molar-refractivity contribution is 0.563. The number of anilines is 1. The number of fused-ring (bicyclic) bond motifs is 1. The summed E-state index contributed by atoms with van der Waals surface area (Å²) in [6, 6.07) is 6.69. The minimum atomic E-state index is -0.202. The zero-order chi connectivity index (χ0) is 14.1. The first-order valence-electron chi connectivity index (χ1n) is 6.84. The summed E-state index contributed by atoms with van der Waals surface area (Å²) in [5.74, 6) is -0.202. The fourth-order valence-electron chi connectivity index (χ4n) is 2.53. The molecule has 0 amide bonds. The van der Waals surface area contributed by atoms with Crippen molar-refractivity contribution in [3.63, 3.8) is 0 Å². The summed E-state index contributed by atoms with van der Waals surface area (Å²) in [5, 5.41) is 0.997. The second-order valence-electron chi connectivity index (χ2n) is 5.29. The van der Waals surface area contributed by atoms with Crippen molar-refractivity contribution in [1.82, 2.24) is 4.98 Å². The van der Waals surface area contributed by atoms with Crippen LogP contribution in [0.3, 0.4) is 0 Å². The molecule has 0 fully saturated rings. The van der Waals surface area contributed by atoms with Crippen LogP contribution in [0.15, 0.2) is 24.3 Å². The Hall–Kier alpha value is -1.46. The third-order valence-electron chi connectivity index (χ3n) is 3.65. The molecular formula is C15H18FN3S. The molecule has 0 aliphatic heterocycles. The van der Waals surface area contributed by atoms with Gasteiger partial charge in [-0.25, -0.2) is 9.37 Å². The fourth-order valence-corrected chi connectivity index (χ4v) is 3.67. The van der Waals surface area contributed by atoms with Crippen LogP contribution in [0.4, 0.5) is 9.52 Å². The minimum Gasteiger partial charge on any atom is -0.347 e. The molecule has 1 aromatic carbocycles. The second-order valence-corrected chi connectivity index (χ2v) is 6.35. The molecule has 0 bridgehead atoms. The van der Waals surface area contributed by atoms with Crippen molar-refractivity contribution in [3.8, 4) is 0 Å². The predicted octanol–water partition coefficient (Wildman–Crippen LogP) is 3.25. The Kier molecular flexibility index (Phi) is 3.72. The quantitative estimate of drug-likeness (QED) is 0.944.